The average Bonchev–Trinajstić information content (AvgIpc) is 3.06. The fourth-order valence-electron chi connectivity index (χ4n) is 4.39. The average molecular weight is 382 g/mol. The molecule has 0 aromatic carbocycles. The third-order valence-corrected chi connectivity index (χ3v) is 7.25. The summed E-state index contributed by atoms with van der Waals surface area (Å²) in [5, 5.41) is 0.767. The monoisotopic (exact) mass is 381 g/mol. The van der Waals surface area contributed by atoms with Crippen molar-refractivity contribution in [3.8, 4) is 0 Å². The minimum absolute atomic E-state index is 0.00688. The van der Waals surface area contributed by atoms with Crippen LogP contribution in [0.2, 0.25) is 0 Å². The van der Waals surface area contributed by atoms with E-state index in [0.717, 1.165) is 55.4 Å². The van der Waals surface area contributed by atoms with Crippen LogP contribution in [0.4, 0.5) is 0 Å². The fraction of sp³-hybridized carbons (Fsp3) is 0.476. The first-order chi connectivity index (χ1) is 13.1. The van der Waals surface area contributed by atoms with Crippen LogP contribution in [-0.2, 0) is 12.8 Å². The van der Waals surface area contributed by atoms with Gasteiger partial charge in [-0.3, -0.25) is 14.0 Å². The molecule has 0 N–H and O–H groups in total. The number of fused-ring (bicyclic) bond motifs is 4. The molecule has 0 bridgehead atoms. The van der Waals surface area contributed by atoms with Crippen LogP contribution < -0.4 is 5.56 Å². The van der Waals surface area contributed by atoms with Crippen molar-refractivity contribution in [1.29, 1.82) is 0 Å². The lowest BCUT2D eigenvalue weighted by molar-refractivity contribution is 0.0698. The number of aryl methyl sites for hydroxylation is 2. The molecule has 3 aromatic rings. The Bertz CT molecular complexity index is 1110. The highest BCUT2D eigenvalue weighted by molar-refractivity contribution is 7.18. The molecule has 140 valence electrons. The molecule has 4 heterocycles. The summed E-state index contributed by atoms with van der Waals surface area (Å²) >= 11 is 1.64. The summed E-state index contributed by atoms with van der Waals surface area (Å²) < 4.78 is 1.57. The second-order valence-electron chi connectivity index (χ2n) is 7.90. The highest BCUT2D eigenvalue weighted by atomic mass is 32.1. The minimum atomic E-state index is -0.0312. The fourth-order valence-corrected chi connectivity index (χ4v) is 5.65. The number of piperidine rings is 1. The van der Waals surface area contributed by atoms with E-state index in [0.29, 0.717) is 17.1 Å². The zero-order valence-electron chi connectivity index (χ0n) is 15.5. The van der Waals surface area contributed by atoms with Gasteiger partial charge in [0.2, 0.25) is 0 Å². The highest BCUT2D eigenvalue weighted by Gasteiger charge is 2.25. The third kappa shape index (κ3) is 2.69. The van der Waals surface area contributed by atoms with Gasteiger partial charge in [0.25, 0.3) is 11.5 Å². The van der Waals surface area contributed by atoms with E-state index in [9.17, 15) is 9.59 Å². The Balaban J connectivity index is 1.67. The van der Waals surface area contributed by atoms with Crippen LogP contribution in [-0.4, -0.2) is 33.3 Å². The SMILES string of the molecule is CC1CCN(C(=O)c2cccn3c(=O)c4c5c(sc4nc23)CCCC5)CC1. The van der Waals surface area contributed by atoms with Gasteiger partial charge in [-0.25, -0.2) is 4.98 Å². The lowest BCUT2D eigenvalue weighted by atomic mass is 9.97. The van der Waals surface area contributed by atoms with Crippen LogP contribution in [0.5, 0.6) is 0 Å². The van der Waals surface area contributed by atoms with Gasteiger partial charge in [0.15, 0.2) is 5.65 Å². The predicted octanol–water partition coefficient (Wildman–Crippen LogP) is 3.66. The first-order valence-corrected chi connectivity index (χ1v) is 10.7. The van der Waals surface area contributed by atoms with E-state index in [-0.39, 0.29) is 11.5 Å². The molecule has 1 saturated heterocycles. The smallest absolute Gasteiger partial charge is 0.266 e. The van der Waals surface area contributed by atoms with E-state index in [2.05, 4.69) is 6.92 Å². The highest BCUT2D eigenvalue weighted by Crippen LogP contribution is 2.34. The molecule has 0 unspecified atom stereocenters. The number of nitrogens with zero attached hydrogens (tertiary/aromatic N) is 3. The van der Waals surface area contributed by atoms with Gasteiger partial charge < -0.3 is 4.90 Å². The summed E-state index contributed by atoms with van der Waals surface area (Å²) in [6, 6.07) is 3.60. The molecule has 1 aliphatic carbocycles. The van der Waals surface area contributed by atoms with E-state index < -0.39 is 0 Å². The number of carbonyl (C=O) groups is 1. The van der Waals surface area contributed by atoms with Crippen molar-refractivity contribution >= 4 is 33.1 Å². The maximum Gasteiger partial charge on any atom is 0.266 e. The Labute approximate surface area is 161 Å². The van der Waals surface area contributed by atoms with E-state index >= 15 is 0 Å². The number of thiophene rings is 1. The standard InChI is InChI=1S/C21H23N3O2S/c1-13-8-11-23(12-9-13)20(25)15-6-4-10-24-18(15)22-19-17(21(24)26)14-5-2-3-7-16(14)27-19/h4,6,10,13H,2-3,5,7-9,11-12H2,1H3. The van der Waals surface area contributed by atoms with Gasteiger partial charge in [0, 0.05) is 24.2 Å². The minimum Gasteiger partial charge on any atom is -0.339 e. The molecular formula is C21H23N3O2S. The van der Waals surface area contributed by atoms with Crippen LogP contribution in [0, 0.1) is 5.92 Å². The zero-order chi connectivity index (χ0) is 18.5. The Kier molecular flexibility index (Phi) is 4.04. The van der Waals surface area contributed by atoms with E-state index in [1.54, 1.807) is 28.0 Å². The second kappa shape index (κ2) is 6.44. The van der Waals surface area contributed by atoms with Crippen LogP contribution in [0.3, 0.4) is 0 Å². The predicted molar refractivity (Wildman–Crippen MR) is 108 cm³/mol. The topological polar surface area (TPSA) is 54.7 Å². The van der Waals surface area contributed by atoms with E-state index in [1.807, 2.05) is 11.0 Å². The molecule has 27 heavy (non-hydrogen) atoms. The molecular weight excluding hydrogens is 358 g/mol. The van der Waals surface area contributed by atoms with Gasteiger partial charge in [-0.1, -0.05) is 6.92 Å². The Morgan fingerprint density at radius 2 is 2.00 bits per heavy atom. The van der Waals surface area contributed by atoms with E-state index in [4.69, 9.17) is 4.98 Å². The molecule has 1 fully saturated rings. The van der Waals surface area contributed by atoms with Gasteiger partial charge in [0.05, 0.1) is 10.9 Å². The third-order valence-electron chi connectivity index (χ3n) is 6.06. The molecule has 5 rings (SSSR count). The van der Waals surface area contributed by atoms with Crippen molar-refractivity contribution in [2.45, 2.75) is 45.4 Å². The number of amides is 1. The molecule has 0 saturated carbocycles. The van der Waals surface area contributed by atoms with Crippen LogP contribution in [0.15, 0.2) is 23.1 Å². The van der Waals surface area contributed by atoms with Gasteiger partial charge in [-0.05, 0) is 62.1 Å². The number of hydrogen-bond donors (Lipinski definition) is 0. The van der Waals surface area contributed by atoms with Gasteiger partial charge >= 0.3 is 0 Å². The van der Waals surface area contributed by atoms with Gasteiger partial charge in [0.1, 0.15) is 4.83 Å². The molecule has 6 heteroatoms. The van der Waals surface area contributed by atoms with Crippen molar-refractivity contribution in [2.24, 2.45) is 5.92 Å². The lowest BCUT2D eigenvalue weighted by Gasteiger charge is -2.30. The largest absolute Gasteiger partial charge is 0.339 e. The quantitative estimate of drug-likeness (QED) is 0.646. The molecule has 0 radical (unpaired) electrons. The lowest BCUT2D eigenvalue weighted by Crippen LogP contribution is -2.38. The maximum atomic E-state index is 13.2. The summed E-state index contributed by atoms with van der Waals surface area (Å²) in [4.78, 5) is 35.2. The number of pyridine rings is 1. The molecule has 3 aromatic heterocycles. The Morgan fingerprint density at radius 1 is 1.22 bits per heavy atom. The van der Waals surface area contributed by atoms with E-state index in [1.165, 1.54) is 16.9 Å². The number of hydrogen-bond acceptors (Lipinski definition) is 4. The number of rotatable bonds is 1. The Hall–Kier alpha value is -2.21. The first kappa shape index (κ1) is 16.9. The zero-order valence-corrected chi connectivity index (χ0v) is 16.3. The summed E-state index contributed by atoms with van der Waals surface area (Å²) in [5.74, 6) is 0.659. The molecule has 2 aliphatic rings. The Morgan fingerprint density at radius 3 is 2.81 bits per heavy atom. The van der Waals surface area contributed by atoms with Crippen molar-refractivity contribution in [3.05, 3.63) is 44.7 Å². The van der Waals surface area contributed by atoms with Crippen molar-refractivity contribution < 1.29 is 4.79 Å². The molecule has 0 atom stereocenters. The summed E-state index contributed by atoms with van der Waals surface area (Å²) in [6.07, 6.45) is 8.12. The molecule has 0 spiro atoms. The number of carbonyl (C=O) groups excluding carboxylic acids is 1. The number of likely N-dealkylation sites (tertiary alicyclic amines) is 1. The van der Waals surface area contributed by atoms with Crippen LogP contribution in [0.1, 0.15) is 53.4 Å². The second-order valence-corrected chi connectivity index (χ2v) is 8.98. The normalized spacial score (nSPS) is 18.2. The first-order valence-electron chi connectivity index (χ1n) is 9.88. The molecule has 1 aliphatic heterocycles. The van der Waals surface area contributed by atoms with Gasteiger partial charge in [-0.15, -0.1) is 11.3 Å². The summed E-state index contributed by atoms with van der Waals surface area (Å²) in [6.45, 7) is 3.79. The van der Waals surface area contributed by atoms with Crippen molar-refractivity contribution in [3.63, 3.8) is 0 Å². The number of aromatic nitrogens is 2. The van der Waals surface area contributed by atoms with Crippen molar-refractivity contribution in [1.82, 2.24) is 14.3 Å². The van der Waals surface area contributed by atoms with Gasteiger partial charge in [-0.2, -0.15) is 0 Å². The van der Waals surface area contributed by atoms with Crippen LogP contribution in [0.25, 0.3) is 15.9 Å². The van der Waals surface area contributed by atoms with Crippen molar-refractivity contribution in [2.75, 3.05) is 13.1 Å². The maximum absolute atomic E-state index is 13.2. The van der Waals surface area contributed by atoms with Crippen LogP contribution >= 0.6 is 11.3 Å². The molecule has 5 nitrogen and oxygen atoms in total. The summed E-state index contributed by atoms with van der Waals surface area (Å²) in [7, 11) is 0. The summed E-state index contributed by atoms with van der Waals surface area (Å²) in [5.41, 5.74) is 2.20. The molecule has 1 amide bonds.